The fourth-order valence-corrected chi connectivity index (χ4v) is 3.86. The van der Waals surface area contributed by atoms with Crippen molar-refractivity contribution in [2.24, 2.45) is 5.41 Å². The zero-order valence-corrected chi connectivity index (χ0v) is 15.4. The Bertz CT molecular complexity index is 1090. The number of hydrogen-bond acceptors (Lipinski definition) is 3. The van der Waals surface area contributed by atoms with Gasteiger partial charge in [-0.25, -0.2) is 4.79 Å². The van der Waals surface area contributed by atoms with Gasteiger partial charge in [0.15, 0.2) is 0 Å². The van der Waals surface area contributed by atoms with Gasteiger partial charge in [-0.2, -0.15) is 5.26 Å². The second-order valence-electron chi connectivity index (χ2n) is 7.58. The zero-order valence-electron chi connectivity index (χ0n) is 14.7. The van der Waals surface area contributed by atoms with E-state index in [0.717, 1.165) is 11.3 Å². The summed E-state index contributed by atoms with van der Waals surface area (Å²) in [6.45, 7) is 5.95. The molecule has 0 bridgehead atoms. The highest BCUT2D eigenvalue weighted by Gasteiger charge is 2.43. The molecule has 1 aliphatic heterocycles. The fourth-order valence-electron chi connectivity index (χ4n) is 3.52. The Kier molecular flexibility index (Phi) is 3.61. The van der Waals surface area contributed by atoms with Crippen molar-refractivity contribution < 1.29 is 9.53 Å². The Labute approximate surface area is 156 Å². The van der Waals surface area contributed by atoms with E-state index in [1.807, 2.05) is 57.2 Å². The van der Waals surface area contributed by atoms with Gasteiger partial charge in [0.1, 0.15) is 12.2 Å². The summed E-state index contributed by atoms with van der Waals surface area (Å²) in [6, 6.07) is 13.8. The minimum atomic E-state index is -0.488. The van der Waals surface area contributed by atoms with E-state index in [1.165, 1.54) is 0 Å². The lowest BCUT2D eigenvalue weighted by Crippen LogP contribution is -2.18. The largest absolute Gasteiger partial charge is 0.453 e. The number of ether oxygens (including phenoxy) is 1. The number of halogens is 1. The molecule has 2 aromatic carbocycles. The molecule has 0 amide bonds. The van der Waals surface area contributed by atoms with Crippen LogP contribution >= 0.6 is 11.6 Å². The maximum Gasteiger partial charge on any atom is 0.340 e. The molecule has 0 saturated heterocycles. The number of hydrogen-bond donors (Lipinski definition) is 1. The first-order valence-corrected chi connectivity index (χ1v) is 8.75. The molecule has 0 fully saturated rings. The van der Waals surface area contributed by atoms with E-state index >= 15 is 0 Å². The summed E-state index contributed by atoms with van der Waals surface area (Å²) in [4.78, 5) is 15.9. The van der Waals surface area contributed by atoms with Gasteiger partial charge in [0.2, 0.25) is 0 Å². The first kappa shape index (κ1) is 16.7. The average Bonchev–Trinajstić information content (AvgIpc) is 3.19. The van der Waals surface area contributed by atoms with Crippen molar-refractivity contribution in [3.05, 3.63) is 58.1 Å². The lowest BCUT2D eigenvalue weighted by atomic mass is 9.83. The first-order valence-electron chi connectivity index (χ1n) is 8.37. The number of carbonyl (C=O) groups excluding carboxylic acids is 1. The number of rotatable bonds is 1. The molecule has 0 saturated carbocycles. The Morgan fingerprint density at radius 1 is 1.23 bits per heavy atom. The zero-order chi connectivity index (χ0) is 18.6. The van der Waals surface area contributed by atoms with Crippen molar-refractivity contribution in [3.63, 3.8) is 0 Å². The number of cyclic esters (lactones) is 1. The van der Waals surface area contributed by atoms with Crippen LogP contribution < -0.4 is 0 Å². The van der Waals surface area contributed by atoms with Gasteiger partial charge in [0.25, 0.3) is 0 Å². The van der Waals surface area contributed by atoms with Crippen LogP contribution in [0.1, 0.15) is 48.4 Å². The third kappa shape index (κ3) is 2.32. The minimum absolute atomic E-state index is 0.295. The highest BCUT2D eigenvalue weighted by atomic mass is 35.5. The van der Waals surface area contributed by atoms with E-state index < -0.39 is 12.1 Å². The normalized spacial score (nSPS) is 16.4. The van der Waals surface area contributed by atoms with Crippen molar-refractivity contribution in [2.45, 2.75) is 26.9 Å². The van der Waals surface area contributed by atoms with E-state index in [-0.39, 0.29) is 5.41 Å². The van der Waals surface area contributed by atoms with Gasteiger partial charge < -0.3 is 9.72 Å². The Morgan fingerprint density at radius 2 is 1.92 bits per heavy atom. The number of fused-ring (bicyclic) bond motifs is 2. The molecule has 1 unspecified atom stereocenters. The van der Waals surface area contributed by atoms with Gasteiger partial charge >= 0.3 is 5.97 Å². The van der Waals surface area contributed by atoms with Crippen LogP contribution in [-0.4, -0.2) is 11.0 Å². The molecule has 1 aliphatic rings. The Balaban J connectivity index is 2.06. The van der Waals surface area contributed by atoms with Crippen LogP contribution in [-0.2, 0) is 4.74 Å². The monoisotopic (exact) mass is 364 g/mol. The molecule has 1 atom stereocenters. The van der Waals surface area contributed by atoms with Crippen LogP contribution in [0.4, 0.5) is 0 Å². The van der Waals surface area contributed by atoms with Crippen LogP contribution in [0.5, 0.6) is 0 Å². The van der Waals surface area contributed by atoms with E-state index in [0.29, 0.717) is 32.6 Å². The van der Waals surface area contributed by atoms with Gasteiger partial charge in [-0.3, -0.25) is 0 Å². The van der Waals surface area contributed by atoms with Crippen LogP contribution in [0.2, 0.25) is 5.02 Å². The van der Waals surface area contributed by atoms with Gasteiger partial charge in [-0.1, -0.05) is 62.7 Å². The number of nitriles is 1. The number of nitrogens with zero attached hydrogens (tertiary/aromatic N) is 1. The van der Waals surface area contributed by atoms with Crippen LogP contribution in [0, 0.1) is 16.7 Å². The first-order chi connectivity index (χ1) is 12.3. The van der Waals surface area contributed by atoms with E-state index in [1.54, 1.807) is 0 Å². The molecule has 4 nitrogen and oxygen atoms in total. The average molecular weight is 365 g/mol. The summed E-state index contributed by atoms with van der Waals surface area (Å²) in [5, 5.41) is 10.8. The lowest BCUT2D eigenvalue weighted by Gasteiger charge is -2.26. The summed E-state index contributed by atoms with van der Waals surface area (Å²) >= 11 is 6.71. The number of nitrogens with one attached hydrogen (secondary N) is 1. The van der Waals surface area contributed by atoms with Crippen molar-refractivity contribution in [3.8, 4) is 17.3 Å². The molecule has 2 heterocycles. The van der Waals surface area contributed by atoms with Crippen LogP contribution in [0.15, 0.2) is 36.4 Å². The molecule has 0 radical (unpaired) electrons. The van der Waals surface area contributed by atoms with Crippen LogP contribution in [0.25, 0.3) is 22.2 Å². The molecular formula is C21H17ClN2O2. The number of benzene rings is 2. The van der Waals surface area contributed by atoms with Crippen LogP contribution in [0.3, 0.4) is 0 Å². The smallest absolute Gasteiger partial charge is 0.340 e. The van der Waals surface area contributed by atoms with E-state index in [4.69, 9.17) is 16.3 Å². The number of H-pyrrole nitrogens is 1. The Morgan fingerprint density at radius 3 is 2.54 bits per heavy atom. The van der Waals surface area contributed by atoms with Crippen molar-refractivity contribution >= 4 is 28.5 Å². The van der Waals surface area contributed by atoms with E-state index in [9.17, 15) is 10.1 Å². The van der Waals surface area contributed by atoms with Gasteiger partial charge in [-0.05, 0) is 11.6 Å². The molecule has 4 rings (SSSR count). The number of aromatic amines is 1. The summed E-state index contributed by atoms with van der Waals surface area (Å²) in [5.74, 6) is -0.484. The molecule has 0 spiro atoms. The molecule has 3 aromatic rings. The Hall–Kier alpha value is -2.77. The summed E-state index contributed by atoms with van der Waals surface area (Å²) in [6.07, 6.45) is -0.488. The molecule has 1 aromatic heterocycles. The molecule has 5 heteroatoms. The number of aromatic nitrogens is 1. The van der Waals surface area contributed by atoms with Crippen molar-refractivity contribution in [1.29, 1.82) is 5.26 Å². The van der Waals surface area contributed by atoms with Gasteiger partial charge in [0.05, 0.1) is 21.7 Å². The molecular weight excluding hydrogens is 348 g/mol. The predicted octanol–water partition coefficient (Wildman–Crippen LogP) is 5.62. The van der Waals surface area contributed by atoms with Crippen molar-refractivity contribution in [1.82, 2.24) is 4.98 Å². The number of esters is 1. The van der Waals surface area contributed by atoms with Crippen molar-refractivity contribution in [2.75, 3.05) is 0 Å². The standard InChI is InChI=1S/C21H17ClN2O2/c1-21(2,3)19-16-15(20(25)26-19)13(10-23)12-9-14(24-18(12)17(16)22)11-7-5-4-6-8-11/h4-9,19,24H,1-3H3. The highest BCUT2D eigenvalue weighted by molar-refractivity contribution is 6.37. The predicted molar refractivity (Wildman–Crippen MR) is 101 cm³/mol. The third-order valence-corrected chi connectivity index (χ3v) is 5.13. The maximum absolute atomic E-state index is 12.5. The maximum atomic E-state index is 12.5. The second kappa shape index (κ2) is 5.62. The third-order valence-electron chi connectivity index (χ3n) is 4.74. The molecule has 1 N–H and O–H groups in total. The second-order valence-corrected chi connectivity index (χ2v) is 7.96. The number of carbonyl (C=O) groups is 1. The fraction of sp³-hybridized carbons (Fsp3) is 0.238. The minimum Gasteiger partial charge on any atom is -0.453 e. The summed E-state index contributed by atoms with van der Waals surface area (Å²) < 4.78 is 5.59. The molecule has 26 heavy (non-hydrogen) atoms. The van der Waals surface area contributed by atoms with Gasteiger partial charge in [0, 0.05) is 22.1 Å². The molecule has 130 valence electrons. The van der Waals surface area contributed by atoms with Gasteiger partial charge in [-0.15, -0.1) is 0 Å². The quantitative estimate of drug-likeness (QED) is 0.570. The topological polar surface area (TPSA) is 65.9 Å². The summed E-state index contributed by atoms with van der Waals surface area (Å²) in [7, 11) is 0. The lowest BCUT2D eigenvalue weighted by molar-refractivity contribution is 0.00782. The van der Waals surface area contributed by atoms with E-state index in [2.05, 4.69) is 11.1 Å². The SMILES string of the molecule is CC(C)(C)C1OC(=O)c2c1c(Cl)c1[nH]c(-c3ccccc3)cc1c2C#N. The molecule has 0 aliphatic carbocycles. The summed E-state index contributed by atoms with van der Waals surface area (Å²) in [5.41, 5.74) is 3.38. The highest BCUT2D eigenvalue weighted by Crippen LogP contribution is 2.49.